The van der Waals surface area contributed by atoms with E-state index in [-0.39, 0.29) is 17.8 Å². The van der Waals surface area contributed by atoms with Gasteiger partial charge in [0.15, 0.2) is 5.65 Å². The molecule has 0 atom stereocenters. The number of aromatic nitrogens is 4. The van der Waals surface area contributed by atoms with Crippen LogP contribution in [0.1, 0.15) is 5.82 Å². The van der Waals surface area contributed by atoms with Crippen molar-refractivity contribution in [3.63, 3.8) is 0 Å². The van der Waals surface area contributed by atoms with E-state index >= 15 is 0 Å². The third-order valence-electron chi connectivity index (χ3n) is 2.78. The van der Waals surface area contributed by atoms with Crippen LogP contribution in [-0.4, -0.2) is 37.0 Å². The first-order valence-electron chi connectivity index (χ1n) is 5.97. The average Bonchev–Trinajstić information content (AvgIpc) is 2.90. The summed E-state index contributed by atoms with van der Waals surface area (Å²) in [6.07, 6.45) is -4.61. The zero-order valence-electron chi connectivity index (χ0n) is 10.5. The molecule has 21 heavy (non-hydrogen) atoms. The highest BCUT2D eigenvalue weighted by atomic mass is 32.2. The van der Waals surface area contributed by atoms with Crippen LogP contribution in [-0.2, 0) is 6.18 Å². The molecule has 3 aromatic rings. The van der Waals surface area contributed by atoms with Crippen molar-refractivity contribution in [2.45, 2.75) is 11.2 Å². The van der Waals surface area contributed by atoms with Crippen LogP contribution in [0.25, 0.3) is 16.7 Å². The second-order valence-corrected chi connectivity index (χ2v) is 5.24. The van der Waals surface area contributed by atoms with Crippen LogP contribution in [0.15, 0.2) is 29.3 Å². The highest BCUT2D eigenvalue weighted by Crippen LogP contribution is 2.32. The van der Waals surface area contributed by atoms with Gasteiger partial charge in [0, 0.05) is 5.75 Å². The number of halogens is 3. The van der Waals surface area contributed by atoms with Crippen molar-refractivity contribution in [3.8, 4) is 0 Å². The standard InChI is InChI=1S/C12H9F3N4OS/c13-12(14,15)11-18-17-9-10(21-6-5-20)16-7-3-1-2-4-8(7)19(9)11/h1-4,20H,5-6H2. The van der Waals surface area contributed by atoms with E-state index in [9.17, 15) is 13.2 Å². The summed E-state index contributed by atoms with van der Waals surface area (Å²) in [5, 5.41) is 16.1. The molecule has 0 fully saturated rings. The van der Waals surface area contributed by atoms with Crippen LogP contribution in [0.2, 0.25) is 0 Å². The van der Waals surface area contributed by atoms with Crippen LogP contribution in [0, 0.1) is 0 Å². The Hall–Kier alpha value is -1.87. The quantitative estimate of drug-likeness (QED) is 0.752. The van der Waals surface area contributed by atoms with Crippen molar-refractivity contribution in [2.75, 3.05) is 12.4 Å². The minimum Gasteiger partial charge on any atom is -0.396 e. The lowest BCUT2D eigenvalue weighted by Gasteiger charge is -2.09. The molecule has 0 unspecified atom stereocenters. The van der Waals surface area contributed by atoms with Crippen LogP contribution in [0.3, 0.4) is 0 Å². The number of fused-ring (bicyclic) bond motifs is 3. The smallest absolute Gasteiger partial charge is 0.396 e. The van der Waals surface area contributed by atoms with Crippen molar-refractivity contribution in [2.24, 2.45) is 0 Å². The summed E-state index contributed by atoms with van der Waals surface area (Å²) in [4.78, 5) is 4.30. The first kappa shape index (κ1) is 14.1. The van der Waals surface area contributed by atoms with Gasteiger partial charge in [-0.15, -0.1) is 22.0 Å². The molecule has 1 N–H and O–H groups in total. The molecule has 0 amide bonds. The average molecular weight is 314 g/mol. The maximum absolute atomic E-state index is 13.1. The Morgan fingerprint density at radius 2 is 1.95 bits per heavy atom. The molecule has 0 saturated carbocycles. The first-order valence-corrected chi connectivity index (χ1v) is 6.95. The fourth-order valence-electron chi connectivity index (χ4n) is 1.98. The van der Waals surface area contributed by atoms with Gasteiger partial charge in [-0.2, -0.15) is 13.2 Å². The second kappa shape index (κ2) is 5.15. The monoisotopic (exact) mass is 314 g/mol. The summed E-state index contributed by atoms with van der Waals surface area (Å²) in [6, 6.07) is 6.48. The summed E-state index contributed by atoms with van der Waals surface area (Å²) >= 11 is 1.14. The van der Waals surface area contributed by atoms with Crippen molar-refractivity contribution < 1.29 is 18.3 Å². The predicted molar refractivity (Wildman–Crippen MR) is 71.1 cm³/mol. The minimum absolute atomic E-state index is 0.0412. The number of para-hydroxylation sites is 2. The van der Waals surface area contributed by atoms with E-state index in [2.05, 4.69) is 15.2 Å². The van der Waals surface area contributed by atoms with Crippen LogP contribution >= 0.6 is 11.8 Å². The molecule has 0 aliphatic carbocycles. The fraction of sp³-hybridized carbons (Fsp3) is 0.250. The summed E-state index contributed by atoms with van der Waals surface area (Å²) in [6.45, 7) is -0.106. The first-order chi connectivity index (χ1) is 10.0. The van der Waals surface area contributed by atoms with Gasteiger partial charge in [0.1, 0.15) is 5.03 Å². The molecule has 0 aliphatic rings. The largest absolute Gasteiger partial charge is 0.452 e. The molecule has 0 spiro atoms. The van der Waals surface area contributed by atoms with Gasteiger partial charge < -0.3 is 5.11 Å². The van der Waals surface area contributed by atoms with Crippen molar-refractivity contribution >= 4 is 28.4 Å². The van der Waals surface area contributed by atoms with Crippen LogP contribution in [0.4, 0.5) is 13.2 Å². The Bertz CT molecular complexity index is 802. The fourth-order valence-corrected chi connectivity index (χ4v) is 2.69. The van der Waals surface area contributed by atoms with Crippen LogP contribution < -0.4 is 0 Å². The third kappa shape index (κ3) is 2.42. The Labute approximate surface area is 120 Å². The van der Waals surface area contributed by atoms with E-state index in [0.717, 1.165) is 16.2 Å². The summed E-state index contributed by atoms with van der Waals surface area (Å²) < 4.78 is 40.2. The zero-order chi connectivity index (χ0) is 15.0. The Kier molecular flexibility index (Phi) is 3.46. The molecule has 1 aromatic carbocycles. The van der Waals surface area contributed by atoms with Crippen molar-refractivity contribution in [1.29, 1.82) is 0 Å². The maximum Gasteiger partial charge on any atom is 0.452 e. The molecule has 9 heteroatoms. The number of alkyl halides is 3. The highest BCUT2D eigenvalue weighted by molar-refractivity contribution is 7.99. The normalized spacial score (nSPS) is 12.4. The van der Waals surface area contributed by atoms with E-state index in [4.69, 9.17) is 5.11 Å². The molecule has 0 radical (unpaired) electrons. The Morgan fingerprint density at radius 1 is 1.19 bits per heavy atom. The molecule has 0 aliphatic heterocycles. The predicted octanol–water partition coefficient (Wildman–Crippen LogP) is 2.38. The molecule has 2 heterocycles. The van der Waals surface area contributed by atoms with Gasteiger partial charge in [-0.25, -0.2) is 4.98 Å². The Morgan fingerprint density at radius 3 is 2.67 bits per heavy atom. The number of rotatable bonds is 3. The number of hydrogen-bond acceptors (Lipinski definition) is 5. The van der Waals surface area contributed by atoms with Gasteiger partial charge in [0.2, 0.25) is 5.82 Å². The summed E-state index contributed by atoms with van der Waals surface area (Å²) in [5.74, 6) is -0.767. The van der Waals surface area contributed by atoms with E-state index in [1.54, 1.807) is 18.2 Å². The lowest BCUT2D eigenvalue weighted by Crippen LogP contribution is -2.11. The minimum atomic E-state index is -4.61. The third-order valence-corrected chi connectivity index (χ3v) is 3.72. The molecular weight excluding hydrogens is 305 g/mol. The molecule has 110 valence electrons. The molecule has 2 aromatic heterocycles. The van der Waals surface area contributed by atoms with E-state index in [1.165, 1.54) is 6.07 Å². The van der Waals surface area contributed by atoms with E-state index < -0.39 is 12.0 Å². The SMILES string of the molecule is OCCSc1nc2ccccc2n2c(C(F)(F)F)nnc12. The van der Waals surface area contributed by atoms with Gasteiger partial charge in [0.25, 0.3) is 0 Å². The van der Waals surface area contributed by atoms with Gasteiger partial charge in [-0.3, -0.25) is 4.40 Å². The molecule has 5 nitrogen and oxygen atoms in total. The Balaban J connectivity index is 2.36. The number of benzene rings is 1. The molecule has 0 bridgehead atoms. The van der Waals surface area contributed by atoms with Gasteiger partial charge >= 0.3 is 6.18 Å². The molecule has 3 rings (SSSR count). The number of thioether (sulfide) groups is 1. The topological polar surface area (TPSA) is 63.3 Å². The number of hydrogen-bond donors (Lipinski definition) is 1. The van der Waals surface area contributed by atoms with Crippen molar-refractivity contribution in [3.05, 3.63) is 30.1 Å². The summed E-state index contributed by atoms with van der Waals surface area (Å²) in [7, 11) is 0. The lowest BCUT2D eigenvalue weighted by atomic mass is 10.3. The zero-order valence-corrected chi connectivity index (χ0v) is 11.3. The summed E-state index contributed by atoms with van der Waals surface area (Å²) in [5.41, 5.74) is 0.744. The maximum atomic E-state index is 13.1. The lowest BCUT2D eigenvalue weighted by molar-refractivity contribution is -0.145. The number of aliphatic hydroxyl groups is 1. The van der Waals surface area contributed by atoms with Crippen LogP contribution in [0.5, 0.6) is 0 Å². The molecular formula is C12H9F3N4OS. The van der Waals surface area contributed by atoms with Gasteiger partial charge in [0.05, 0.1) is 17.6 Å². The van der Waals surface area contributed by atoms with Crippen molar-refractivity contribution in [1.82, 2.24) is 19.6 Å². The van der Waals surface area contributed by atoms with E-state index in [0.29, 0.717) is 16.3 Å². The van der Waals surface area contributed by atoms with Gasteiger partial charge in [-0.05, 0) is 12.1 Å². The second-order valence-electron chi connectivity index (χ2n) is 4.16. The van der Waals surface area contributed by atoms with Gasteiger partial charge in [-0.1, -0.05) is 12.1 Å². The number of nitrogens with zero attached hydrogens (tertiary/aromatic N) is 4. The number of aliphatic hydroxyl groups excluding tert-OH is 1. The molecule has 0 saturated heterocycles. The highest BCUT2D eigenvalue weighted by Gasteiger charge is 2.38. The van der Waals surface area contributed by atoms with E-state index in [1.807, 2.05) is 0 Å².